The Kier molecular flexibility index (Phi) is 4.69. The van der Waals surface area contributed by atoms with Gasteiger partial charge in [0.25, 0.3) is 16.3 Å². The summed E-state index contributed by atoms with van der Waals surface area (Å²) < 4.78 is 1.48. The van der Waals surface area contributed by atoms with Crippen molar-refractivity contribution in [2.75, 3.05) is 21.1 Å². The first-order valence-electron chi connectivity index (χ1n) is 7.98. The maximum atomic E-state index is 2.34. The van der Waals surface area contributed by atoms with Crippen LogP contribution in [0, 0.1) is 0 Å². The van der Waals surface area contributed by atoms with Crippen LogP contribution in [0.3, 0.4) is 0 Å². The molecule has 4 aromatic rings. The number of rotatable bonds is 0. The van der Waals surface area contributed by atoms with Gasteiger partial charge in [0.15, 0.2) is 0 Å². The highest BCUT2D eigenvalue weighted by molar-refractivity contribution is 6.41. The van der Waals surface area contributed by atoms with Gasteiger partial charge in [-0.25, -0.2) is 0 Å². The fraction of sp³-hybridized carbons (Fsp3) is 0.143. The number of fused-ring (bicyclic) bond motifs is 4. The van der Waals surface area contributed by atoms with Gasteiger partial charge in [0.1, 0.15) is 0 Å². The lowest BCUT2D eigenvalue weighted by Crippen LogP contribution is -2.03. The Balaban J connectivity index is 0.000000354. The molecule has 0 amide bonds. The molecule has 0 fully saturated rings. The van der Waals surface area contributed by atoms with Crippen LogP contribution in [0.4, 0.5) is 0 Å². The van der Waals surface area contributed by atoms with Crippen molar-refractivity contribution < 1.29 is 0 Å². The predicted molar refractivity (Wildman–Crippen MR) is 107 cm³/mol. The highest BCUT2D eigenvalue weighted by Gasteiger charge is 2.04. The molecule has 0 aliphatic rings. The van der Waals surface area contributed by atoms with Gasteiger partial charge in [-0.3, -0.25) is 0 Å². The first-order chi connectivity index (χ1) is 11.1. The average Bonchev–Trinajstić information content (AvgIpc) is 2.52. The van der Waals surface area contributed by atoms with Crippen molar-refractivity contribution >= 4 is 53.0 Å². The molecule has 0 aliphatic heterocycles. The van der Waals surface area contributed by atoms with Crippen LogP contribution in [0.25, 0.3) is 32.3 Å². The van der Waals surface area contributed by atoms with E-state index in [0.717, 1.165) is 16.3 Å². The molecule has 0 radical (unpaired) electrons. The molecule has 0 bridgehead atoms. The highest BCUT2D eigenvalue weighted by Crippen LogP contribution is 2.28. The third-order valence-electron chi connectivity index (χ3n) is 3.93. The average molecular weight is 315 g/mol. The van der Waals surface area contributed by atoms with Gasteiger partial charge in [0, 0.05) is 0 Å². The smallest absolute Gasteiger partial charge is 0.259 e. The van der Waals surface area contributed by atoms with Gasteiger partial charge in [0.2, 0.25) is 0 Å². The summed E-state index contributed by atoms with van der Waals surface area (Å²) in [7, 11) is 6.00. The van der Waals surface area contributed by atoms with Crippen molar-refractivity contribution in [1.29, 1.82) is 0 Å². The molecule has 0 spiro atoms. The van der Waals surface area contributed by atoms with Crippen molar-refractivity contribution in [1.82, 2.24) is 4.90 Å². The van der Waals surface area contributed by atoms with Crippen LogP contribution in [-0.4, -0.2) is 42.3 Å². The van der Waals surface area contributed by atoms with E-state index in [0.29, 0.717) is 0 Å². The van der Waals surface area contributed by atoms with Gasteiger partial charge >= 0.3 is 0 Å². The van der Waals surface area contributed by atoms with Crippen LogP contribution in [0.15, 0.2) is 66.7 Å². The quantitative estimate of drug-likeness (QED) is 0.272. The minimum absolute atomic E-state index is 1.09. The standard InChI is InChI=1S/C18H11.C3H9N.Al.2H/c1-2-7-15-12-18-16(11-14(15)6-1)10-9-13-5-3-4-8-17(13)18;1-4(2)3;;;/h1-7,9-12H;1-3H3;;;. The second-order valence-electron chi connectivity index (χ2n) is 6.50. The molecule has 23 heavy (non-hydrogen) atoms. The first-order valence-corrected chi connectivity index (χ1v) is 8.98. The topological polar surface area (TPSA) is 3.24 Å². The van der Waals surface area contributed by atoms with Crippen LogP contribution >= 0.6 is 0 Å². The van der Waals surface area contributed by atoms with E-state index in [9.17, 15) is 0 Å². The molecule has 0 atom stereocenters. The summed E-state index contributed by atoms with van der Waals surface area (Å²) in [6.45, 7) is 0. The second kappa shape index (κ2) is 6.73. The van der Waals surface area contributed by atoms with Crippen molar-refractivity contribution in [2.24, 2.45) is 0 Å². The maximum Gasteiger partial charge on any atom is 0.259 e. The normalized spacial score (nSPS) is 11.0. The zero-order chi connectivity index (χ0) is 16.4. The lowest BCUT2D eigenvalue weighted by molar-refractivity contribution is 0.505. The summed E-state index contributed by atoms with van der Waals surface area (Å²) in [5.41, 5.74) is 0. The van der Waals surface area contributed by atoms with E-state index < -0.39 is 0 Å². The first kappa shape index (κ1) is 16.0. The lowest BCUT2D eigenvalue weighted by atomic mass is 9.98. The predicted octanol–water partition coefficient (Wildman–Crippen LogP) is 3.58. The van der Waals surface area contributed by atoms with Gasteiger partial charge in [-0.05, 0) is 65.6 Å². The zero-order valence-corrected chi connectivity index (χ0v) is 16.3. The Morgan fingerprint density at radius 1 is 0.652 bits per heavy atom. The fourth-order valence-electron chi connectivity index (χ4n) is 2.99. The van der Waals surface area contributed by atoms with Crippen LogP contribution in [0.5, 0.6) is 0 Å². The third-order valence-corrected chi connectivity index (χ3v) is 4.77. The van der Waals surface area contributed by atoms with E-state index in [2.05, 4.69) is 66.7 Å². The van der Waals surface area contributed by atoms with Crippen molar-refractivity contribution in [3.63, 3.8) is 0 Å². The SMILES string of the molecule is CN(C)C.[AlH2][c]1cccc2ccc3cc4ccccc4cc3c12. The number of hydrogen-bond donors (Lipinski definition) is 0. The Labute approximate surface area is 145 Å². The van der Waals surface area contributed by atoms with Crippen molar-refractivity contribution in [2.45, 2.75) is 0 Å². The molecule has 114 valence electrons. The molecule has 2 heteroatoms. The Morgan fingerprint density at radius 2 is 1.22 bits per heavy atom. The molecule has 1 nitrogen and oxygen atoms in total. The molecule has 0 heterocycles. The minimum atomic E-state index is 1.09. The summed E-state index contributed by atoms with van der Waals surface area (Å²) in [6.07, 6.45) is 0. The van der Waals surface area contributed by atoms with E-state index in [4.69, 9.17) is 0 Å². The van der Waals surface area contributed by atoms with Gasteiger partial charge in [-0.1, -0.05) is 54.6 Å². The molecule has 0 N–H and O–H groups in total. The van der Waals surface area contributed by atoms with Gasteiger partial charge < -0.3 is 4.90 Å². The minimum Gasteiger partial charge on any atom is -0.312 e. The van der Waals surface area contributed by atoms with Gasteiger partial charge in [0.05, 0.1) is 0 Å². The Morgan fingerprint density at radius 3 is 1.91 bits per heavy atom. The fourth-order valence-corrected chi connectivity index (χ4v) is 3.74. The summed E-state index contributed by atoms with van der Waals surface area (Å²) >= 11 is 1.09. The molecule has 0 unspecified atom stereocenters. The number of benzene rings is 4. The molecular weight excluding hydrogens is 293 g/mol. The van der Waals surface area contributed by atoms with E-state index >= 15 is 0 Å². The van der Waals surface area contributed by atoms with Gasteiger partial charge in [-0.15, -0.1) is 4.43 Å². The Hall–Kier alpha value is -1.85. The monoisotopic (exact) mass is 315 g/mol. The molecule has 0 aliphatic carbocycles. The van der Waals surface area contributed by atoms with Gasteiger partial charge in [-0.2, -0.15) is 0 Å². The zero-order valence-electron chi connectivity index (χ0n) is 14.3. The van der Waals surface area contributed by atoms with E-state index in [1.165, 1.54) is 36.7 Å². The van der Waals surface area contributed by atoms with Crippen LogP contribution in [0.2, 0.25) is 0 Å². The van der Waals surface area contributed by atoms with E-state index in [1.54, 1.807) is 0 Å². The Bertz CT molecular complexity index is 970. The molecule has 4 rings (SSSR count). The lowest BCUT2D eigenvalue weighted by Gasteiger charge is -2.09. The van der Waals surface area contributed by atoms with E-state index in [-0.39, 0.29) is 0 Å². The molecule has 0 aromatic heterocycles. The summed E-state index contributed by atoms with van der Waals surface area (Å²) in [5.74, 6) is 0. The summed E-state index contributed by atoms with van der Waals surface area (Å²) in [6, 6.07) is 24.4. The maximum absolute atomic E-state index is 2.34. The van der Waals surface area contributed by atoms with Crippen molar-refractivity contribution in [3.05, 3.63) is 66.7 Å². The molecule has 0 saturated carbocycles. The summed E-state index contributed by atoms with van der Waals surface area (Å²) in [4.78, 5) is 2.00. The van der Waals surface area contributed by atoms with Crippen LogP contribution in [-0.2, 0) is 0 Å². The summed E-state index contributed by atoms with van der Waals surface area (Å²) in [5, 5.41) is 8.18. The molecular formula is C21H22AlN. The van der Waals surface area contributed by atoms with Crippen LogP contribution < -0.4 is 4.43 Å². The molecule has 4 aromatic carbocycles. The van der Waals surface area contributed by atoms with Crippen LogP contribution in [0.1, 0.15) is 0 Å². The largest absolute Gasteiger partial charge is 0.312 e. The van der Waals surface area contributed by atoms with Crippen molar-refractivity contribution in [3.8, 4) is 0 Å². The molecule has 0 saturated heterocycles. The second-order valence-corrected chi connectivity index (χ2v) is 7.58. The third kappa shape index (κ3) is 3.41. The number of hydrogen-bond acceptors (Lipinski definition) is 1. The highest BCUT2D eigenvalue weighted by atomic mass is 27.0. The van der Waals surface area contributed by atoms with E-state index in [1.807, 2.05) is 26.0 Å². The number of nitrogens with zero attached hydrogens (tertiary/aromatic N) is 1.